The van der Waals surface area contributed by atoms with Gasteiger partial charge in [0.2, 0.25) is 0 Å². The lowest BCUT2D eigenvalue weighted by atomic mass is 10.3. The van der Waals surface area contributed by atoms with Gasteiger partial charge >= 0.3 is 0 Å². The fourth-order valence-electron chi connectivity index (χ4n) is 1.23. The molecule has 0 spiro atoms. The van der Waals surface area contributed by atoms with E-state index in [0.717, 1.165) is 18.7 Å². The summed E-state index contributed by atoms with van der Waals surface area (Å²) in [4.78, 5) is 0. The fraction of sp³-hybridized carbons (Fsp3) is 0.333. The van der Waals surface area contributed by atoms with Gasteiger partial charge in [-0.3, -0.25) is 4.68 Å². The van der Waals surface area contributed by atoms with Gasteiger partial charge in [0.1, 0.15) is 5.69 Å². The molecule has 6 heteroatoms. The molecule has 2 N–H and O–H groups in total. The molecule has 2 aromatic heterocycles. The number of rotatable bonds is 4. The smallest absolute Gasteiger partial charge is 0.169 e. The monoisotopic (exact) mass is 270 g/mol. The summed E-state index contributed by atoms with van der Waals surface area (Å²) in [5.41, 5.74) is 6.15. The number of aryl methyl sites for hydroxylation is 1. The van der Waals surface area contributed by atoms with Gasteiger partial charge in [0, 0.05) is 6.54 Å². The molecule has 0 unspecified atom stereocenters. The normalized spacial score (nSPS) is 10.8. The third-order valence-corrected chi connectivity index (χ3v) is 2.38. The van der Waals surface area contributed by atoms with Crippen molar-refractivity contribution in [1.82, 2.24) is 15.0 Å². The number of hydrogen-bond donors (Lipinski definition) is 1. The number of nitrogens with zero attached hydrogens (tertiary/aromatic N) is 3. The standard InChI is InChI=1S/C9H11BrN4O/c10-9-3-2-8(15-9)7-6-14(13-12-7)5-1-4-11/h2-3,6H,1,4-5,11H2. The lowest BCUT2D eigenvalue weighted by Crippen LogP contribution is -2.06. The first-order valence-corrected chi connectivity index (χ1v) is 5.45. The summed E-state index contributed by atoms with van der Waals surface area (Å²) < 4.78 is 7.81. The highest BCUT2D eigenvalue weighted by atomic mass is 79.9. The van der Waals surface area contributed by atoms with Gasteiger partial charge in [0.25, 0.3) is 0 Å². The maximum absolute atomic E-state index is 5.41. The van der Waals surface area contributed by atoms with Crippen molar-refractivity contribution in [2.24, 2.45) is 5.73 Å². The van der Waals surface area contributed by atoms with Crippen LogP contribution in [0.2, 0.25) is 0 Å². The third kappa shape index (κ3) is 2.45. The minimum absolute atomic E-state index is 0.654. The largest absolute Gasteiger partial charge is 0.448 e. The molecule has 0 saturated heterocycles. The summed E-state index contributed by atoms with van der Waals surface area (Å²) >= 11 is 3.24. The molecule has 0 amide bonds. The van der Waals surface area contributed by atoms with Crippen LogP contribution >= 0.6 is 15.9 Å². The molecule has 0 atom stereocenters. The van der Waals surface area contributed by atoms with E-state index in [9.17, 15) is 0 Å². The first-order valence-electron chi connectivity index (χ1n) is 4.65. The van der Waals surface area contributed by atoms with Crippen LogP contribution in [0.4, 0.5) is 0 Å². The fourth-order valence-corrected chi connectivity index (χ4v) is 1.53. The second-order valence-electron chi connectivity index (χ2n) is 3.11. The summed E-state index contributed by atoms with van der Waals surface area (Å²) in [5.74, 6) is 0.709. The van der Waals surface area contributed by atoms with E-state index >= 15 is 0 Å². The van der Waals surface area contributed by atoms with Crippen molar-refractivity contribution in [2.45, 2.75) is 13.0 Å². The summed E-state index contributed by atoms with van der Waals surface area (Å²) in [5, 5.41) is 7.99. The van der Waals surface area contributed by atoms with Gasteiger partial charge in [-0.15, -0.1) is 5.10 Å². The molecule has 0 aliphatic rings. The summed E-state index contributed by atoms with van der Waals surface area (Å²) in [6.07, 6.45) is 2.74. The lowest BCUT2D eigenvalue weighted by Gasteiger charge is -1.95. The van der Waals surface area contributed by atoms with Crippen molar-refractivity contribution in [1.29, 1.82) is 0 Å². The Morgan fingerprint density at radius 1 is 1.47 bits per heavy atom. The maximum atomic E-state index is 5.41. The van der Waals surface area contributed by atoms with Crippen LogP contribution in [-0.4, -0.2) is 21.5 Å². The number of halogens is 1. The molecule has 0 aromatic carbocycles. The van der Waals surface area contributed by atoms with Crippen molar-refractivity contribution < 1.29 is 4.42 Å². The second-order valence-corrected chi connectivity index (χ2v) is 3.89. The highest BCUT2D eigenvalue weighted by molar-refractivity contribution is 9.10. The highest BCUT2D eigenvalue weighted by Crippen LogP contribution is 2.22. The van der Waals surface area contributed by atoms with Crippen LogP contribution in [0.25, 0.3) is 11.5 Å². The molecule has 0 radical (unpaired) electrons. The topological polar surface area (TPSA) is 69.9 Å². The van der Waals surface area contributed by atoms with E-state index in [1.54, 1.807) is 4.68 Å². The molecule has 0 bridgehead atoms. The summed E-state index contributed by atoms with van der Waals surface area (Å²) in [7, 11) is 0. The highest BCUT2D eigenvalue weighted by Gasteiger charge is 2.07. The van der Waals surface area contributed by atoms with Gasteiger partial charge in [-0.1, -0.05) is 5.21 Å². The Morgan fingerprint density at radius 2 is 2.33 bits per heavy atom. The van der Waals surface area contributed by atoms with E-state index in [2.05, 4.69) is 26.2 Å². The Bertz CT molecular complexity index is 437. The van der Waals surface area contributed by atoms with Crippen molar-refractivity contribution in [3.8, 4) is 11.5 Å². The third-order valence-electron chi connectivity index (χ3n) is 1.96. The molecule has 80 valence electrons. The van der Waals surface area contributed by atoms with Crippen LogP contribution < -0.4 is 5.73 Å². The molecule has 2 rings (SSSR count). The molecular weight excluding hydrogens is 260 g/mol. The van der Waals surface area contributed by atoms with E-state index in [0.29, 0.717) is 17.0 Å². The van der Waals surface area contributed by atoms with E-state index in [-0.39, 0.29) is 0 Å². The molecule has 2 heterocycles. The van der Waals surface area contributed by atoms with Crippen LogP contribution in [-0.2, 0) is 6.54 Å². The zero-order valence-corrected chi connectivity index (χ0v) is 9.64. The van der Waals surface area contributed by atoms with Gasteiger partial charge in [0.05, 0.1) is 6.20 Å². The van der Waals surface area contributed by atoms with Crippen LogP contribution in [0, 0.1) is 0 Å². The Morgan fingerprint density at radius 3 is 3.00 bits per heavy atom. The average Bonchev–Trinajstić information content (AvgIpc) is 2.83. The molecule has 0 fully saturated rings. The zero-order valence-electron chi connectivity index (χ0n) is 8.06. The number of furan rings is 1. The van der Waals surface area contributed by atoms with E-state index in [4.69, 9.17) is 10.2 Å². The van der Waals surface area contributed by atoms with Crippen LogP contribution in [0.5, 0.6) is 0 Å². The maximum Gasteiger partial charge on any atom is 0.169 e. The molecule has 5 nitrogen and oxygen atoms in total. The molecule has 0 aliphatic heterocycles. The Labute approximate surface area is 95.4 Å². The van der Waals surface area contributed by atoms with Gasteiger partial charge in [-0.05, 0) is 41.0 Å². The number of aromatic nitrogens is 3. The summed E-state index contributed by atoms with van der Waals surface area (Å²) in [6, 6.07) is 3.68. The minimum Gasteiger partial charge on any atom is -0.448 e. The molecule has 0 aliphatic carbocycles. The molecule has 15 heavy (non-hydrogen) atoms. The van der Waals surface area contributed by atoms with Crippen LogP contribution in [0.15, 0.2) is 27.4 Å². The average molecular weight is 271 g/mol. The second kappa shape index (κ2) is 4.59. The van der Waals surface area contributed by atoms with E-state index in [1.807, 2.05) is 18.3 Å². The SMILES string of the molecule is NCCCn1cc(-c2ccc(Br)o2)nn1. The molecule has 2 aromatic rings. The van der Waals surface area contributed by atoms with Gasteiger partial charge < -0.3 is 10.2 Å². The number of hydrogen-bond acceptors (Lipinski definition) is 4. The van der Waals surface area contributed by atoms with E-state index < -0.39 is 0 Å². The van der Waals surface area contributed by atoms with Crippen LogP contribution in [0.3, 0.4) is 0 Å². The van der Waals surface area contributed by atoms with Crippen molar-refractivity contribution >= 4 is 15.9 Å². The van der Waals surface area contributed by atoms with Gasteiger partial charge in [-0.2, -0.15) is 0 Å². The first kappa shape index (κ1) is 10.4. The Kier molecular flexibility index (Phi) is 3.17. The van der Waals surface area contributed by atoms with Gasteiger partial charge in [0.15, 0.2) is 10.4 Å². The van der Waals surface area contributed by atoms with Gasteiger partial charge in [-0.25, -0.2) is 0 Å². The van der Waals surface area contributed by atoms with Crippen molar-refractivity contribution in [3.63, 3.8) is 0 Å². The zero-order chi connectivity index (χ0) is 10.7. The molecule has 0 saturated carbocycles. The quantitative estimate of drug-likeness (QED) is 0.917. The van der Waals surface area contributed by atoms with E-state index in [1.165, 1.54) is 0 Å². The predicted molar refractivity (Wildman–Crippen MR) is 59.1 cm³/mol. The lowest BCUT2D eigenvalue weighted by molar-refractivity contribution is 0.553. The Balaban J connectivity index is 2.13. The Hall–Kier alpha value is -1.14. The van der Waals surface area contributed by atoms with Crippen molar-refractivity contribution in [2.75, 3.05) is 6.54 Å². The van der Waals surface area contributed by atoms with Crippen LogP contribution in [0.1, 0.15) is 6.42 Å². The minimum atomic E-state index is 0.654. The first-order chi connectivity index (χ1) is 7.29. The molecular formula is C9H11BrN4O. The summed E-state index contributed by atoms with van der Waals surface area (Å²) in [6.45, 7) is 1.44. The van der Waals surface area contributed by atoms with Crippen molar-refractivity contribution in [3.05, 3.63) is 23.0 Å². The number of nitrogens with two attached hydrogens (primary N) is 1. The predicted octanol–water partition coefficient (Wildman–Crippen LogP) is 1.65.